The Morgan fingerprint density at radius 3 is 2.41 bits per heavy atom. The number of hydrogen-bond donors (Lipinski definition) is 1. The number of hydrazone groups is 1. The van der Waals surface area contributed by atoms with Gasteiger partial charge in [-0.05, 0) is 48.0 Å². The van der Waals surface area contributed by atoms with E-state index in [9.17, 15) is 9.18 Å². The number of carbonyl (C=O) groups excluding carboxylic acids is 1. The minimum Gasteiger partial charge on any atom is -0.486 e. The highest BCUT2D eigenvalue weighted by Crippen LogP contribution is 2.35. The topological polar surface area (TPSA) is 74.5 Å². The van der Waals surface area contributed by atoms with Crippen molar-refractivity contribution in [1.29, 1.82) is 5.26 Å². The molecule has 10 heteroatoms. The van der Waals surface area contributed by atoms with Gasteiger partial charge in [-0.3, -0.25) is 4.79 Å². The van der Waals surface area contributed by atoms with E-state index in [-0.39, 0.29) is 33.5 Å². The third-order valence-electron chi connectivity index (χ3n) is 4.13. The normalized spacial score (nSPS) is 10.8. The van der Waals surface area contributed by atoms with Crippen LogP contribution in [0.2, 0.25) is 20.1 Å². The van der Waals surface area contributed by atoms with Crippen molar-refractivity contribution in [3.8, 4) is 11.8 Å². The summed E-state index contributed by atoms with van der Waals surface area (Å²) in [5, 5.41) is 13.9. The molecule has 0 atom stereocenters. The molecule has 0 saturated carbocycles. The first-order valence-electron chi connectivity index (χ1n) is 8.87. The SMILES string of the molecule is N#Cc1ccc(C(=O)N/N=C\c2cc(Cl)c(OCc3ccc(Cl)cc3Cl)c(Cl)c2)c(F)c1. The minimum absolute atomic E-state index is 0.104. The standard InChI is InChI=1S/C22H12Cl4FN3O2/c23-15-3-2-14(17(24)8-15)11-32-21-18(25)5-13(6-19(21)26)10-29-30-22(31)16-4-1-12(9-28)7-20(16)27/h1-8,10H,11H2,(H,30,31)/b29-10-. The highest BCUT2D eigenvalue weighted by atomic mass is 35.5. The van der Waals surface area contributed by atoms with Crippen LogP contribution in [0.1, 0.15) is 27.0 Å². The second kappa shape index (κ2) is 10.7. The van der Waals surface area contributed by atoms with Crippen molar-refractivity contribution >= 4 is 58.5 Å². The van der Waals surface area contributed by atoms with Crippen LogP contribution < -0.4 is 10.2 Å². The number of carbonyl (C=O) groups is 1. The summed E-state index contributed by atoms with van der Waals surface area (Å²) in [6.07, 6.45) is 1.29. The van der Waals surface area contributed by atoms with Crippen molar-refractivity contribution in [2.45, 2.75) is 6.61 Å². The van der Waals surface area contributed by atoms with Gasteiger partial charge in [-0.1, -0.05) is 52.5 Å². The Morgan fingerprint density at radius 2 is 1.78 bits per heavy atom. The van der Waals surface area contributed by atoms with E-state index in [2.05, 4.69) is 10.5 Å². The van der Waals surface area contributed by atoms with E-state index in [1.165, 1.54) is 30.5 Å². The molecule has 0 aliphatic rings. The number of hydrogen-bond acceptors (Lipinski definition) is 4. The van der Waals surface area contributed by atoms with Gasteiger partial charge in [0, 0.05) is 15.6 Å². The smallest absolute Gasteiger partial charge is 0.274 e. The number of halogens is 5. The van der Waals surface area contributed by atoms with E-state index in [1.807, 2.05) is 0 Å². The summed E-state index contributed by atoms with van der Waals surface area (Å²) < 4.78 is 19.6. The average molecular weight is 511 g/mol. The van der Waals surface area contributed by atoms with E-state index in [1.54, 1.807) is 24.3 Å². The molecule has 0 aromatic heterocycles. The molecule has 3 rings (SSSR count). The van der Waals surface area contributed by atoms with Gasteiger partial charge in [0.2, 0.25) is 0 Å². The summed E-state index contributed by atoms with van der Waals surface area (Å²) in [4.78, 5) is 12.1. The Morgan fingerprint density at radius 1 is 1.06 bits per heavy atom. The highest BCUT2D eigenvalue weighted by Gasteiger charge is 2.13. The second-order valence-corrected chi connectivity index (χ2v) is 8.00. The summed E-state index contributed by atoms with van der Waals surface area (Å²) in [5.74, 6) is -1.36. The maximum absolute atomic E-state index is 13.9. The predicted octanol–water partition coefficient (Wildman–Crippen LogP) is 6.65. The van der Waals surface area contributed by atoms with Crippen molar-refractivity contribution in [3.63, 3.8) is 0 Å². The molecule has 3 aromatic carbocycles. The van der Waals surface area contributed by atoms with Crippen molar-refractivity contribution in [2.24, 2.45) is 5.10 Å². The zero-order valence-electron chi connectivity index (χ0n) is 16.0. The third-order valence-corrected chi connectivity index (χ3v) is 5.28. The fraction of sp³-hybridized carbons (Fsp3) is 0.0455. The molecule has 0 aliphatic carbocycles. The van der Waals surface area contributed by atoms with Crippen LogP contribution in [0.3, 0.4) is 0 Å². The molecule has 0 fully saturated rings. The van der Waals surface area contributed by atoms with Crippen LogP contribution in [0, 0.1) is 17.1 Å². The molecule has 0 spiro atoms. The van der Waals surface area contributed by atoms with Crippen LogP contribution in [0.25, 0.3) is 0 Å². The Balaban J connectivity index is 1.67. The Kier molecular flexibility index (Phi) is 7.94. The van der Waals surface area contributed by atoms with Crippen molar-refractivity contribution in [3.05, 3.63) is 96.7 Å². The molecule has 1 amide bonds. The first kappa shape index (κ1) is 23.8. The Hall–Kier alpha value is -2.82. The summed E-state index contributed by atoms with van der Waals surface area (Å²) >= 11 is 24.5. The lowest BCUT2D eigenvalue weighted by Gasteiger charge is -2.12. The number of ether oxygens (including phenoxy) is 1. The fourth-order valence-electron chi connectivity index (χ4n) is 2.58. The largest absolute Gasteiger partial charge is 0.486 e. The molecule has 162 valence electrons. The highest BCUT2D eigenvalue weighted by molar-refractivity contribution is 6.37. The molecule has 1 N–H and O–H groups in total. The molecule has 3 aromatic rings. The Bertz CT molecular complexity index is 1240. The average Bonchev–Trinajstić information content (AvgIpc) is 2.74. The third kappa shape index (κ3) is 5.90. The molecular formula is C22H12Cl4FN3O2. The van der Waals surface area contributed by atoms with Crippen LogP contribution in [-0.2, 0) is 6.61 Å². The predicted molar refractivity (Wildman–Crippen MR) is 123 cm³/mol. The van der Waals surface area contributed by atoms with Gasteiger partial charge < -0.3 is 4.74 Å². The molecule has 0 bridgehead atoms. The monoisotopic (exact) mass is 509 g/mol. The van der Waals surface area contributed by atoms with Crippen LogP contribution in [-0.4, -0.2) is 12.1 Å². The zero-order chi connectivity index (χ0) is 23.3. The second-order valence-electron chi connectivity index (χ2n) is 6.34. The van der Waals surface area contributed by atoms with E-state index in [4.69, 9.17) is 56.4 Å². The maximum Gasteiger partial charge on any atom is 0.274 e. The van der Waals surface area contributed by atoms with E-state index in [0.29, 0.717) is 21.2 Å². The quantitative estimate of drug-likeness (QED) is 0.298. The molecule has 0 heterocycles. The van der Waals surface area contributed by atoms with Crippen LogP contribution >= 0.6 is 46.4 Å². The Labute approximate surface area is 202 Å². The van der Waals surface area contributed by atoms with E-state index >= 15 is 0 Å². The van der Waals surface area contributed by atoms with Gasteiger partial charge in [-0.25, -0.2) is 9.82 Å². The van der Waals surface area contributed by atoms with Crippen molar-refractivity contribution < 1.29 is 13.9 Å². The molecule has 0 saturated heterocycles. The first-order valence-corrected chi connectivity index (χ1v) is 10.4. The van der Waals surface area contributed by atoms with Crippen molar-refractivity contribution in [2.75, 3.05) is 0 Å². The molecular weight excluding hydrogens is 499 g/mol. The lowest BCUT2D eigenvalue weighted by molar-refractivity contribution is 0.0951. The molecule has 0 aliphatic heterocycles. The summed E-state index contributed by atoms with van der Waals surface area (Å²) in [6, 6.07) is 13.4. The van der Waals surface area contributed by atoms with E-state index < -0.39 is 11.7 Å². The number of amides is 1. The first-order chi connectivity index (χ1) is 15.3. The fourth-order valence-corrected chi connectivity index (χ4v) is 3.65. The number of nitrogens with one attached hydrogen (secondary N) is 1. The number of nitriles is 1. The number of nitrogens with zero attached hydrogens (tertiary/aromatic N) is 2. The molecule has 0 unspecified atom stereocenters. The van der Waals surface area contributed by atoms with Crippen LogP contribution in [0.15, 0.2) is 53.6 Å². The minimum atomic E-state index is -0.829. The van der Waals surface area contributed by atoms with Gasteiger partial charge in [0.15, 0.2) is 5.75 Å². The molecule has 5 nitrogen and oxygen atoms in total. The van der Waals surface area contributed by atoms with Crippen LogP contribution in [0.5, 0.6) is 5.75 Å². The van der Waals surface area contributed by atoms with Gasteiger partial charge in [0.05, 0.1) is 33.5 Å². The van der Waals surface area contributed by atoms with E-state index in [0.717, 1.165) is 6.07 Å². The van der Waals surface area contributed by atoms with Gasteiger partial charge in [-0.15, -0.1) is 0 Å². The van der Waals surface area contributed by atoms with Gasteiger partial charge in [0.25, 0.3) is 5.91 Å². The summed E-state index contributed by atoms with van der Waals surface area (Å²) in [7, 11) is 0. The zero-order valence-corrected chi connectivity index (χ0v) is 19.0. The van der Waals surface area contributed by atoms with Crippen molar-refractivity contribution in [1.82, 2.24) is 5.43 Å². The van der Waals surface area contributed by atoms with Crippen LogP contribution in [0.4, 0.5) is 4.39 Å². The lowest BCUT2D eigenvalue weighted by Crippen LogP contribution is -2.19. The molecule has 32 heavy (non-hydrogen) atoms. The van der Waals surface area contributed by atoms with Gasteiger partial charge in [-0.2, -0.15) is 10.4 Å². The number of rotatable bonds is 6. The molecule has 0 radical (unpaired) electrons. The number of benzene rings is 3. The van der Waals surface area contributed by atoms with Gasteiger partial charge >= 0.3 is 0 Å². The summed E-state index contributed by atoms with van der Waals surface area (Å²) in [5.41, 5.74) is 3.23. The maximum atomic E-state index is 13.9. The summed E-state index contributed by atoms with van der Waals surface area (Å²) in [6.45, 7) is 0.120. The van der Waals surface area contributed by atoms with Gasteiger partial charge in [0.1, 0.15) is 12.4 Å². The lowest BCUT2D eigenvalue weighted by atomic mass is 10.1.